The first kappa shape index (κ1) is 15.8. The Balaban J connectivity index is 2.43. The van der Waals surface area contributed by atoms with Crippen molar-refractivity contribution in [2.24, 2.45) is 0 Å². The summed E-state index contributed by atoms with van der Waals surface area (Å²) in [6, 6.07) is 2.53. The van der Waals surface area contributed by atoms with Gasteiger partial charge in [0.25, 0.3) is 0 Å². The number of nitrogens with zero attached hydrogens (tertiary/aromatic N) is 2. The molecule has 1 atom stereocenters. The molecule has 0 radical (unpaired) electrons. The van der Waals surface area contributed by atoms with Crippen molar-refractivity contribution in [3.63, 3.8) is 0 Å². The number of aromatic nitrogens is 2. The zero-order valence-corrected chi connectivity index (χ0v) is 12.1. The second-order valence-electron chi connectivity index (χ2n) is 4.45. The summed E-state index contributed by atoms with van der Waals surface area (Å²) < 4.78 is 55.3. The lowest BCUT2D eigenvalue weighted by atomic mass is 10.0. The van der Waals surface area contributed by atoms with Gasteiger partial charge in [-0.05, 0) is 42.7 Å². The Bertz CT molecular complexity index is 624. The molecule has 0 spiro atoms. The van der Waals surface area contributed by atoms with Crippen molar-refractivity contribution in [3.05, 3.63) is 45.7 Å². The van der Waals surface area contributed by atoms with Gasteiger partial charge in [-0.3, -0.25) is 0 Å². The van der Waals surface area contributed by atoms with E-state index in [9.17, 15) is 17.6 Å². The Morgan fingerprint density at radius 3 is 2.52 bits per heavy atom. The van der Waals surface area contributed by atoms with Gasteiger partial charge in [0.05, 0.1) is 22.2 Å². The van der Waals surface area contributed by atoms with Gasteiger partial charge in [-0.1, -0.05) is 17.5 Å². The van der Waals surface area contributed by atoms with Crippen molar-refractivity contribution in [1.29, 1.82) is 0 Å². The molecular weight excluding hydrogens is 306 g/mol. The Morgan fingerprint density at radius 1 is 1.33 bits per heavy atom. The fraction of sp³-hybridized carbons (Fsp3) is 0.385. The SMILES string of the molecule is CCNC(c1ccc(C(F)(F)F)c(F)c1)c1snnc1C. The van der Waals surface area contributed by atoms with Gasteiger partial charge in [0.15, 0.2) is 0 Å². The molecule has 8 heteroatoms. The van der Waals surface area contributed by atoms with Crippen molar-refractivity contribution < 1.29 is 17.6 Å². The first-order chi connectivity index (χ1) is 9.84. The third kappa shape index (κ3) is 3.38. The molecule has 1 N–H and O–H groups in total. The van der Waals surface area contributed by atoms with Gasteiger partial charge in [0.2, 0.25) is 0 Å². The van der Waals surface area contributed by atoms with Crippen LogP contribution in [-0.4, -0.2) is 16.1 Å². The molecule has 0 fully saturated rings. The Labute approximate surface area is 123 Å². The molecule has 0 bridgehead atoms. The van der Waals surface area contributed by atoms with Crippen LogP contribution < -0.4 is 5.32 Å². The fourth-order valence-electron chi connectivity index (χ4n) is 2.01. The molecule has 1 aromatic heterocycles. The minimum Gasteiger partial charge on any atom is -0.306 e. The van der Waals surface area contributed by atoms with Crippen LogP contribution in [0.25, 0.3) is 0 Å². The van der Waals surface area contributed by atoms with E-state index in [1.807, 2.05) is 6.92 Å². The Hall–Kier alpha value is -1.54. The van der Waals surface area contributed by atoms with Crippen LogP contribution in [0, 0.1) is 12.7 Å². The fourth-order valence-corrected chi connectivity index (χ4v) is 2.76. The van der Waals surface area contributed by atoms with Gasteiger partial charge < -0.3 is 5.32 Å². The van der Waals surface area contributed by atoms with E-state index in [2.05, 4.69) is 14.9 Å². The molecular formula is C13H13F4N3S. The number of benzene rings is 1. The maximum atomic E-state index is 13.7. The molecule has 2 aromatic rings. The van der Waals surface area contributed by atoms with Crippen LogP contribution in [0.1, 0.15) is 34.7 Å². The van der Waals surface area contributed by atoms with Crippen LogP contribution in [0.5, 0.6) is 0 Å². The highest BCUT2D eigenvalue weighted by molar-refractivity contribution is 7.05. The van der Waals surface area contributed by atoms with E-state index in [0.717, 1.165) is 28.5 Å². The molecule has 114 valence electrons. The van der Waals surface area contributed by atoms with Crippen LogP contribution in [0.2, 0.25) is 0 Å². The highest BCUT2D eigenvalue weighted by Crippen LogP contribution is 2.34. The molecule has 0 saturated carbocycles. The van der Waals surface area contributed by atoms with E-state index >= 15 is 0 Å². The smallest absolute Gasteiger partial charge is 0.306 e. The van der Waals surface area contributed by atoms with Crippen molar-refractivity contribution >= 4 is 11.5 Å². The van der Waals surface area contributed by atoms with Gasteiger partial charge in [0, 0.05) is 0 Å². The predicted molar refractivity (Wildman–Crippen MR) is 71.6 cm³/mol. The first-order valence-electron chi connectivity index (χ1n) is 6.23. The lowest BCUT2D eigenvalue weighted by Gasteiger charge is -2.18. The molecule has 0 saturated heterocycles. The number of nitrogens with one attached hydrogen (secondary N) is 1. The molecule has 1 aromatic carbocycles. The summed E-state index contributed by atoms with van der Waals surface area (Å²) in [5.41, 5.74) is -0.177. The highest BCUT2D eigenvalue weighted by Gasteiger charge is 2.34. The number of hydrogen-bond donors (Lipinski definition) is 1. The van der Waals surface area contributed by atoms with E-state index in [1.54, 1.807) is 6.92 Å². The number of halogens is 4. The normalized spacial score (nSPS) is 13.4. The Morgan fingerprint density at radius 2 is 2.05 bits per heavy atom. The van der Waals surface area contributed by atoms with Crippen LogP contribution in [0.3, 0.4) is 0 Å². The molecule has 21 heavy (non-hydrogen) atoms. The second kappa shape index (κ2) is 6.07. The van der Waals surface area contributed by atoms with Gasteiger partial charge in [-0.15, -0.1) is 5.10 Å². The molecule has 2 rings (SSSR count). The summed E-state index contributed by atoms with van der Waals surface area (Å²) in [6.07, 6.45) is -4.70. The van der Waals surface area contributed by atoms with Crippen LogP contribution in [0.15, 0.2) is 18.2 Å². The number of aryl methyl sites for hydroxylation is 1. The predicted octanol–water partition coefficient (Wildman–Crippen LogP) is 3.70. The lowest BCUT2D eigenvalue weighted by Crippen LogP contribution is -2.22. The quantitative estimate of drug-likeness (QED) is 0.873. The third-order valence-electron chi connectivity index (χ3n) is 2.99. The van der Waals surface area contributed by atoms with Crippen molar-refractivity contribution in [3.8, 4) is 0 Å². The topological polar surface area (TPSA) is 37.8 Å². The first-order valence-corrected chi connectivity index (χ1v) is 7.00. The summed E-state index contributed by atoms with van der Waals surface area (Å²) in [7, 11) is 0. The summed E-state index contributed by atoms with van der Waals surface area (Å²) in [4.78, 5) is 0.760. The summed E-state index contributed by atoms with van der Waals surface area (Å²) in [5, 5.41) is 6.99. The number of alkyl halides is 3. The summed E-state index contributed by atoms with van der Waals surface area (Å²) in [6.45, 7) is 4.19. The van der Waals surface area contributed by atoms with E-state index in [4.69, 9.17) is 0 Å². The molecule has 0 amide bonds. The zero-order valence-electron chi connectivity index (χ0n) is 11.3. The third-order valence-corrected chi connectivity index (χ3v) is 3.88. The summed E-state index contributed by atoms with van der Waals surface area (Å²) in [5.74, 6) is -1.28. The van der Waals surface area contributed by atoms with Crippen LogP contribution in [0.4, 0.5) is 17.6 Å². The van der Waals surface area contributed by atoms with E-state index < -0.39 is 23.6 Å². The van der Waals surface area contributed by atoms with Gasteiger partial charge in [0.1, 0.15) is 5.82 Å². The van der Waals surface area contributed by atoms with E-state index in [1.165, 1.54) is 6.07 Å². The monoisotopic (exact) mass is 319 g/mol. The maximum Gasteiger partial charge on any atom is 0.419 e. The van der Waals surface area contributed by atoms with Crippen molar-refractivity contribution in [2.75, 3.05) is 6.54 Å². The zero-order chi connectivity index (χ0) is 15.6. The van der Waals surface area contributed by atoms with Crippen LogP contribution >= 0.6 is 11.5 Å². The minimum absolute atomic E-state index is 0.413. The highest BCUT2D eigenvalue weighted by atomic mass is 32.1. The van der Waals surface area contributed by atoms with Crippen molar-refractivity contribution in [2.45, 2.75) is 26.1 Å². The summed E-state index contributed by atoms with van der Waals surface area (Å²) >= 11 is 1.14. The number of rotatable bonds is 4. The number of hydrogen-bond acceptors (Lipinski definition) is 4. The van der Waals surface area contributed by atoms with E-state index in [0.29, 0.717) is 17.8 Å². The van der Waals surface area contributed by atoms with Gasteiger partial charge in [-0.25, -0.2) is 4.39 Å². The standard InChI is InChI=1S/C13H13F4N3S/c1-3-18-11(12-7(2)19-20-21-12)8-4-5-9(10(14)6-8)13(15,16)17/h4-6,11,18H,3H2,1-2H3. The van der Waals surface area contributed by atoms with E-state index in [-0.39, 0.29) is 0 Å². The van der Waals surface area contributed by atoms with Crippen LogP contribution in [-0.2, 0) is 6.18 Å². The average molecular weight is 319 g/mol. The van der Waals surface area contributed by atoms with Gasteiger partial charge >= 0.3 is 6.18 Å². The molecule has 0 aliphatic carbocycles. The lowest BCUT2D eigenvalue weighted by molar-refractivity contribution is -0.140. The maximum absolute atomic E-state index is 13.7. The second-order valence-corrected chi connectivity index (χ2v) is 5.24. The molecule has 0 aliphatic heterocycles. The largest absolute Gasteiger partial charge is 0.419 e. The molecule has 1 unspecified atom stereocenters. The Kier molecular flexibility index (Phi) is 4.58. The van der Waals surface area contributed by atoms with Crippen molar-refractivity contribution in [1.82, 2.24) is 14.9 Å². The molecule has 0 aliphatic rings. The molecule has 1 heterocycles. The minimum atomic E-state index is -4.70. The van der Waals surface area contributed by atoms with Gasteiger partial charge in [-0.2, -0.15) is 13.2 Å². The molecule has 3 nitrogen and oxygen atoms in total. The average Bonchev–Trinajstić information content (AvgIpc) is 2.80.